The summed E-state index contributed by atoms with van der Waals surface area (Å²) in [7, 11) is 4.07. The van der Waals surface area contributed by atoms with Crippen LogP contribution in [0.3, 0.4) is 0 Å². The number of nitrogens with zero attached hydrogens (tertiary/aromatic N) is 2. The Morgan fingerprint density at radius 1 is 1.06 bits per heavy atom. The summed E-state index contributed by atoms with van der Waals surface area (Å²) in [6.45, 7) is 0. The van der Waals surface area contributed by atoms with Crippen molar-refractivity contribution in [3.63, 3.8) is 0 Å². The van der Waals surface area contributed by atoms with Crippen molar-refractivity contribution in [1.82, 2.24) is 4.68 Å². The number of halogens is 1. The third-order valence-electron chi connectivity index (χ3n) is 2.55. The SMILES string of the molecule is Cn1c(/C=C/c2ccccc2)cc[n+]1C.[I-]. The van der Waals surface area contributed by atoms with Gasteiger partial charge < -0.3 is 24.0 Å². The Morgan fingerprint density at radius 3 is 2.31 bits per heavy atom. The maximum atomic E-state index is 2.12. The van der Waals surface area contributed by atoms with Gasteiger partial charge in [-0.25, -0.2) is 0 Å². The van der Waals surface area contributed by atoms with E-state index in [1.807, 2.05) is 43.2 Å². The minimum atomic E-state index is 0. The van der Waals surface area contributed by atoms with Crippen molar-refractivity contribution < 1.29 is 28.7 Å². The Bertz CT molecular complexity index is 472. The highest BCUT2D eigenvalue weighted by atomic mass is 127. The average Bonchev–Trinajstić information content (AvgIpc) is 2.59. The summed E-state index contributed by atoms with van der Waals surface area (Å²) in [5.41, 5.74) is 2.42. The molecule has 0 aliphatic carbocycles. The maximum Gasteiger partial charge on any atom is 0.195 e. The molecule has 84 valence electrons. The molecule has 0 N–H and O–H groups in total. The van der Waals surface area contributed by atoms with Gasteiger partial charge in [-0.05, 0) is 11.6 Å². The van der Waals surface area contributed by atoms with E-state index in [4.69, 9.17) is 0 Å². The third kappa shape index (κ3) is 2.95. The Balaban J connectivity index is 0.00000128. The van der Waals surface area contributed by atoms with Crippen LogP contribution in [0, 0.1) is 0 Å². The first-order valence-corrected chi connectivity index (χ1v) is 5.02. The zero-order valence-electron chi connectivity index (χ0n) is 9.47. The first kappa shape index (κ1) is 13.0. The first-order chi connectivity index (χ1) is 7.27. The van der Waals surface area contributed by atoms with E-state index in [1.54, 1.807) is 0 Å². The van der Waals surface area contributed by atoms with Crippen LogP contribution >= 0.6 is 0 Å². The Morgan fingerprint density at radius 2 is 1.75 bits per heavy atom. The van der Waals surface area contributed by atoms with Gasteiger partial charge >= 0.3 is 0 Å². The van der Waals surface area contributed by atoms with Crippen LogP contribution in [0.4, 0.5) is 0 Å². The molecule has 3 heteroatoms. The predicted molar refractivity (Wildman–Crippen MR) is 62.0 cm³/mol. The van der Waals surface area contributed by atoms with Crippen molar-refractivity contribution in [3.8, 4) is 0 Å². The summed E-state index contributed by atoms with van der Waals surface area (Å²) in [5.74, 6) is 0. The second-order valence-corrected chi connectivity index (χ2v) is 3.58. The second-order valence-electron chi connectivity index (χ2n) is 3.58. The number of hydrogen-bond acceptors (Lipinski definition) is 0. The number of hydrogen-bond donors (Lipinski definition) is 0. The van der Waals surface area contributed by atoms with Gasteiger partial charge in [-0.15, -0.1) is 4.68 Å². The molecule has 16 heavy (non-hydrogen) atoms. The summed E-state index contributed by atoms with van der Waals surface area (Å²) in [6, 6.07) is 12.4. The summed E-state index contributed by atoms with van der Waals surface area (Å²) < 4.78 is 4.14. The van der Waals surface area contributed by atoms with Gasteiger partial charge in [0.15, 0.2) is 13.2 Å². The molecular formula is C13H15IN2. The molecule has 0 saturated heterocycles. The highest BCUT2D eigenvalue weighted by molar-refractivity contribution is 5.67. The van der Waals surface area contributed by atoms with E-state index < -0.39 is 0 Å². The molecule has 0 atom stereocenters. The number of aromatic nitrogens is 2. The zero-order valence-corrected chi connectivity index (χ0v) is 11.6. The Labute approximate surface area is 113 Å². The van der Waals surface area contributed by atoms with E-state index in [1.165, 1.54) is 11.3 Å². The van der Waals surface area contributed by atoms with Gasteiger partial charge in [0.1, 0.15) is 5.69 Å². The van der Waals surface area contributed by atoms with E-state index in [9.17, 15) is 0 Å². The van der Waals surface area contributed by atoms with Crippen LogP contribution in [0.1, 0.15) is 11.3 Å². The molecule has 0 aliphatic heterocycles. The molecule has 0 amide bonds. The lowest BCUT2D eigenvalue weighted by atomic mass is 10.2. The molecule has 0 unspecified atom stereocenters. The fourth-order valence-electron chi connectivity index (χ4n) is 1.48. The quantitative estimate of drug-likeness (QED) is 0.496. The van der Waals surface area contributed by atoms with Crippen molar-refractivity contribution in [1.29, 1.82) is 0 Å². The van der Waals surface area contributed by atoms with Crippen LogP contribution in [0.5, 0.6) is 0 Å². The fourth-order valence-corrected chi connectivity index (χ4v) is 1.48. The summed E-state index contributed by atoms with van der Waals surface area (Å²) >= 11 is 0. The molecule has 0 bridgehead atoms. The van der Waals surface area contributed by atoms with E-state index in [2.05, 4.69) is 35.0 Å². The summed E-state index contributed by atoms with van der Waals surface area (Å²) in [5, 5.41) is 0. The van der Waals surface area contributed by atoms with Gasteiger partial charge in [-0.2, -0.15) is 4.68 Å². The van der Waals surface area contributed by atoms with Gasteiger partial charge in [0, 0.05) is 6.07 Å². The molecule has 0 fully saturated rings. The van der Waals surface area contributed by atoms with Crippen LogP contribution < -0.4 is 28.7 Å². The van der Waals surface area contributed by atoms with Crippen LogP contribution in [0.15, 0.2) is 42.6 Å². The van der Waals surface area contributed by atoms with E-state index in [-0.39, 0.29) is 24.0 Å². The lowest BCUT2D eigenvalue weighted by Crippen LogP contribution is -3.00. The lowest BCUT2D eigenvalue weighted by Gasteiger charge is -1.93. The first-order valence-electron chi connectivity index (χ1n) is 5.02. The van der Waals surface area contributed by atoms with Crippen LogP contribution in [0.2, 0.25) is 0 Å². The van der Waals surface area contributed by atoms with Gasteiger partial charge in [-0.3, -0.25) is 0 Å². The number of rotatable bonds is 2. The zero-order chi connectivity index (χ0) is 10.7. The average molecular weight is 326 g/mol. The summed E-state index contributed by atoms with van der Waals surface area (Å²) in [4.78, 5) is 0. The normalized spacial score (nSPS) is 10.4. The fraction of sp³-hybridized carbons (Fsp3) is 0.154. The van der Waals surface area contributed by atoms with Crippen LogP contribution in [0.25, 0.3) is 12.2 Å². The van der Waals surface area contributed by atoms with Crippen molar-refractivity contribution in [2.24, 2.45) is 14.1 Å². The van der Waals surface area contributed by atoms with Crippen molar-refractivity contribution in [3.05, 3.63) is 53.9 Å². The van der Waals surface area contributed by atoms with Crippen LogP contribution in [-0.2, 0) is 14.1 Å². The van der Waals surface area contributed by atoms with Gasteiger partial charge in [0.2, 0.25) is 0 Å². The molecule has 0 radical (unpaired) electrons. The van der Waals surface area contributed by atoms with Gasteiger partial charge in [-0.1, -0.05) is 36.4 Å². The monoisotopic (exact) mass is 326 g/mol. The molecule has 1 aromatic carbocycles. The van der Waals surface area contributed by atoms with E-state index >= 15 is 0 Å². The van der Waals surface area contributed by atoms with Crippen molar-refractivity contribution in [2.75, 3.05) is 0 Å². The highest BCUT2D eigenvalue weighted by Crippen LogP contribution is 2.05. The molecule has 2 nitrogen and oxygen atoms in total. The van der Waals surface area contributed by atoms with Gasteiger partial charge in [0.05, 0.1) is 7.05 Å². The Hall–Kier alpha value is -1.10. The maximum absolute atomic E-state index is 2.12. The van der Waals surface area contributed by atoms with Crippen molar-refractivity contribution in [2.45, 2.75) is 0 Å². The molecule has 0 spiro atoms. The summed E-state index contributed by atoms with van der Waals surface area (Å²) in [6.07, 6.45) is 6.29. The Kier molecular flexibility index (Phi) is 4.73. The van der Waals surface area contributed by atoms with E-state index in [0.717, 1.165) is 0 Å². The largest absolute Gasteiger partial charge is 1.00 e. The molecule has 0 saturated carbocycles. The number of aryl methyl sites for hydroxylation is 1. The standard InChI is InChI=1S/C13H15N2.HI/c1-14-11-10-13(15(14)2)9-8-12-6-4-3-5-7-12;/h3-11H,1-2H3;1H/q+1;/p-1/b9-8+;. The third-order valence-corrected chi connectivity index (χ3v) is 2.55. The molecule has 1 heterocycles. The second kappa shape index (κ2) is 5.84. The minimum absolute atomic E-state index is 0. The van der Waals surface area contributed by atoms with Crippen molar-refractivity contribution >= 4 is 12.2 Å². The molecule has 0 aliphatic rings. The molecule has 2 aromatic rings. The van der Waals surface area contributed by atoms with E-state index in [0.29, 0.717) is 0 Å². The molecule has 1 aromatic heterocycles. The topological polar surface area (TPSA) is 8.81 Å². The predicted octanol–water partition coefficient (Wildman–Crippen LogP) is -0.976. The minimum Gasteiger partial charge on any atom is -1.00 e. The molecule has 2 rings (SSSR count). The smallest absolute Gasteiger partial charge is 0.195 e. The highest BCUT2D eigenvalue weighted by Gasteiger charge is 2.02. The lowest BCUT2D eigenvalue weighted by molar-refractivity contribution is -0.751. The van der Waals surface area contributed by atoms with Crippen LogP contribution in [-0.4, -0.2) is 4.68 Å². The van der Waals surface area contributed by atoms with Gasteiger partial charge in [0.25, 0.3) is 0 Å². The molecular weight excluding hydrogens is 311 g/mol. The number of benzene rings is 1.